The number of hydrogen-bond donors (Lipinski definition) is 1. The van der Waals surface area contributed by atoms with Gasteiger partial charge >= 0.3 is 0 Å². The molecule has 0 spiro atoms. The van der Waals surface area contributed by atoms with E-state index >= 15 is 0 Å². The van der Waals surface area contributed by atoms with Crippen LogP contribution in [0.15, 0.2) is 24.3 Å². The second-order valence-electron chi connectivity index (χ2n) is 5.81. The van der Waals surface area contributed by atoms with E-state index in [2.05, 4.69) is 30.9 Å². The van der Waals surface area contributed by atoms with Gasteiger partial charge in [0.1, 0.15) is 0 Å². The predicted octanol–water partition coefficient (Wildman–Crippen LogP) is 3.68. The van der Waals surface area contributed by atoms with E-state index in [1.165, 1.54) is 37.8 Å². The van der Waals surface area contributed by atoms with Gasteiger partial charge in [0.05, 0.1) is 6.10 Å². The molecule has 0 saturated carbocycles. The van der Waals surface area contributed by atoms with Crippen LogP contribution in [0.1, 0.15) is 56.3 Å². The van der Waals surface area contributed by atoms with Gasteiger partial charge in [0.2, 0.25) is 0 Å². The van der Waals surface area contributed by atoms with E-state index in [9.17, 15) is 5.11 Å². The smallest absolute Gasteiger partial charge is 0.0802 e. The van der Waals surface area contributed by atoms with E-state index in [-0.39, 0.29) is 6.10 Å². The van der Waals surface area contributed by atoms with Gasteiger partial charge in [-0.1, -0.05) is 43.2 Å². The Morgan fingerprint density at radius 1 is 1.26 bits per heavy atom. The Hall–Kier alpha value is -0.860. The van der Waals surface area contributed by atoms with Gasteiger partial charge in [-0.15, -0.1) is 0 Å². The highest BCUT2D eigenvalue weighted by molar-refractivity contribution is 5.23. The van der Waals surface area contributed by atoms with Crippen molar-refractivity contribution in [2.45, 2.75) is 58.1 Å². The molecule has 1 heterocycles. The van der Waals surface area contributed by atoms with Crippen LogP contribution in [0.25, 0.3) is 0 Å². The molecule has 1 aliphatic heterocycles. The zero-order valence-electron chi connectivity index (χ0n) is 12.3. The van der Waals surface area contributed by atoms with Crippen LogP contribution in [-0.4, -0.2) is 29.1 Å². The van der Waals surface area contributed by atoms with Gasteiger partial charge in [0.15, 0.2) is 0 Å². The first kappa shape index (κ1) is 14.5. The first-order valence-electron chi connectivity index (χ1n) is 7.69. The minimum Gasteiger partial charge on any atom is -0.388 e. The molecular weight excluding hydrogens is 234 g/mol. The van der Waals surface area contributed by atoms with Gasteiger partial charge in [-0.05, 0) is 44.7 Å². The average molecular weight is 261 g/mol. The maximum Gasteiger partial charge on any atom is 0.0802 e. The SMILES string of the molecule is CCC1CCCCN1CCC(O)c1ccc(C)cc1. The summed E-state index contributed by atoms with van der Waals surface area (Å²) in [4.78, 5) is 2.57. The molecule has 0 bridgehead atoms. The molecule has 2 nitrogen and oxygen atoms in total. The van der Waals surface area contributed by atoms with E-state index in [0.29, 0.717) is 0 Å². The van der Waals surface area contributed by atoms with Crippen LogP contribution < -0.4 is 0 Å². The normalized spacial score (nSPS) is 22.4. The maximum atomic E-state index is 10.3. The van der Waals surface area contributed by atoms with Gasteiger partial charge in [-0.2, -0.15) is 0 Å². The average Bonchev–Trinajstić information content (AvgIpc) is 2.45. The first-order chi connectivity index (χ1) is 9.20. The Balaban J connectivity index is 1.85. The van der Waals surface area contributed by atoms with Crippen molar-refractivity contribution >= 4 is 0 Å². The largest absolute Gasteiger partial charge is 0.388 e. The Labute approximate surface area is 117 Å². The molecule has 0 aromatic heterocycles. The summed E-state index contributed by atoms with van der Waals surface area (Å²) in [5, 5.41) is 10.3. The number of hydrogen-bond acceptors (Lipinski definition) is 2. The van der Waals surface area contributed by atoms with Crippen LogP contribution in [0, 0.1) is 6.92 Å². The van der Waals surface area contributed by atoms with Crippen LogP contribution in [0.3, 0.4) is 0 Å². The fourth-order valence-electron chi connectivity index (χ4n) is 3.06. The summed E-state index contributed by atoms with van der Waals surface area (Å²) in [7, 11) is 0. The number of likely N-dealkylation sites (tertiary alicyclic amines) is 1. The molecule has 1 aliphatic rings. The van der Waals surface area contributed by atoms with Crippen molar-refractivity contribution in [3.63, 3.8) is 0 Å². The molecule has 2 atom stereocenters. The second kappa shape index (κ2) is 7.06. The molecule has 2 heteroatoms. The lowest BCUT2D eigenvalue weighted by atomic mass is 9.98. The van der Waals surface area contributed by atoms with Crippen LogP contribution >= 0.6 is 0 Å². The molecule has 0 amide bonds. The highest BCUT2D eigenvalue weighted by Gasteiger charge is 2.21. The van der Waals surface area contributed by atoms with Crippen molar-refractivity contribution in [3.8, 4) is 0 Å². The highest BCUT2D eigenvalue weighted by atomic mass is 16.3. The minimum atomic E-state index is -0.319. The second-order valence-corrected chi connectivity index (χ2v) is 5.81. The zero-order valence-corrected chi connectivity index (χ0v) is 12.3. The molecule has 1 fully saturated rings. The third-order valence-electron chi connectivity index (χ3n) is 4.37. The van der Waals surface area contributed by atoms with Crippen LogP contribution in [0.4, 0.5) is 0 Å². The van der Waals surface area contributed by atoms with Crippen molar-refractivity contribution in [1.82, 2.24) is 4.90 Å². The van der Waals surface area contributed by atoms with Crippen molar-refractivity contribution in [2.75, 3.05) is 13.1 Å². The van der Waals surface area contributed by atoms with Gasteiger partial charge in [-0.25, -0.2) is 0 Å². The number of piperidine rings is 1. The van der Waals surface area contributed by atoms with E-state index in [1.807, 2.05) is 12.1 Å². The van der Waals surface area contributed by atoms with Crippen molar-refractivity contribution in [2.24, 2.45) is 0 Å². The van der Waals surface area contributed by atoms with E-state index < -0.39 is 0 Å². The predicted molar refractivity (Wildman–Crippen MR) is 80.3 cm³/mol. The van der Waals surface area contributed by atoms with Gasteiger partial charge in [0, 0.05) is 12.6 Å². The number of aliphatic hydroxyl groups excluding tert-OH is 1. The van der Waals surface area contributed by atoms with Gasteiger partial charge in [-0.3, -0.25) is 0 Å². The molecule has 0 radical (unpaired) electrons. The van der Waals surface area contributed by atoms with Crippen LogP contribution in [-0.2, 0) is 0 Å². The summed E-state index contributed by atoms with van der Waals surface area (Å²) in [6, 6.07) is 8.99. The van der Waals surface area contributed by atoms with Crippen LogP contribution in [0.5, 0.6) is 0 Å². The topological polar surface area (TPSA) is 23.5 Å². The van der Waals surface area contributed by atoms with Crippen molar-refractivity contribution in [3.05, 3.63) is 35.4 Å². The fourth-order valence-corrected chi connectivity index (χ4v) is 3.06. The molecular formula is C17H27NO. The summed E-state index contributed by atoms with van der Waals surface area (Å²) in [6.45, 7) is 6.59. The molecule has 1 aromatic carbocycles. The first-order valence-corrected chi connectivity index (χ1v) is 7.69. The maximum absolute atomic E-state index is 10.3. The Kier molecular flexibility index (Phi) is 5.41. The molecule has 1 aromatic rings. The molecule has 0 aliphatic carbocycles. The third kappa shape index (κ3) is 4.05. The summed E-state index contributed by atoms with van der Waals surface area (Å²) in [6.07, 6.45) is 5.78. The van der Waals surface area contributed by atoms with E-state index in [0.717, 1.165) is 24.6 Å². The Morgan fingerprint density at radius 3 is 2.68 bits per heavy atom. The zero-order chi connectivity index (χ0) is 13.7. The summed E-state index contributed by atoms with van der Waals surface area (Å²) in [5.74, 6) is 0. The third-order valence-corrected chi connectivity index (χ3v) is 4.37. The van der Waals surface area contributed by atoms with Crippen LogP contribution in [0.2, 0.25) is 0 Å². The minimum absolute atomic E-state index is 0.319. The monoisotopic (exact) mass is 261 g/mol. The van der Waals surface area contributed by atoms with E-state index in [4.69, 9.17) is 0 Å². The van der Waals surface area contributed by atoms with Crippen molar-refractivity contribution < 1.29 is 5.11 Å². The Bertz CT molecular complexity index is 373. The van der Waals surface area contributed by atoms with Gasteiger partial charge < -0.3 is 10.0 Å². The number of aliphatic hydroxyl groups is 1. The lowest BCUT2D eigenvalue weighted by Gasteiger charge is -2.35. The standard InChI is InChI=1S/C17H27NO/c1-3-16-6-4-5-12-18(16)13-11-17(19)15-9-7-14(2)8-10-15/h7-10,16-17,19H,3-6,11-13H2,1-2H3. The molecule has 19 heavy (non-hydrogen) atoms. The molecule has 2 rings (SSSR count). The summed E-state index contributed by atoms with van der Waals surface area (Å²) >= 11 is 0. The number of rotatable bonds is 5. The number of aryl methyl sites for hydroxylation is 1. The molecule has 1 saturated heterocycles. The van der Waals surface area contributed by atoms with Crippen molar-refractivity contribution in [1.29, 1.82) is 0 Å². The van der Waals surface area contributed by atoms with Gasteiger partial charge in [0.25, 0.3) is 0 Å². The number of benzene rings is 1. The quantitative estimate of drug-likeness (QED) is 0.874. The summed E-state index contributed by atoms with van der Waals surface area (Å²) < 4.78 is 0. The van der Waals surface area contributed by atoms with E-state index in [1.54, 1.807) is 0 Å². The summed E-state index contributed by atoms with van der Waals surface area (Å²) in [5.41, 5.74) is 2.30. The lowest BCUT2D eigenvalue weighted by molar-refractivity contribution is 0.101. The number of nitrogens with zero attached hydrogens (tertiary/aromatic N) is 1. The molecule has 2 unspecified atom stereocenters. The fraction of sp³-hybridized carbons (Fsp3) is 0.647. The lowest BCUT2D eigenvalue weighted by Crippen LogP contribution is -2.40. The highest BCUT2D eigenvalue weighted by Crippen LogP contribution is 2.23. The molecule has 106 valence electrons. The Morgan fingerprint density at radius 2 is 2.00 bits per heavy atom. The molecule has 1 N–H and O–H groups in total.